The Bertz CT molecular complexity index is 862. The molecule has 1 aliphatic heterocycles. The van der Waals surface area contributed by atoms with E-state index in [0.717, 1.165) is 56.7 Å². The molecule has 1 aliphatic carbocycles. The number of aryl methyl sites for hydroxylation is 1. The van der Waals surface area contributed by atoms with Crippen molar-refractivity contribution in [3.8, 4) is 5.69 Å². The van der Waals surface area contributed by atoms with Gasteiger partial charge in [-0.1, -0.05) is 19.1 Å². The highest BCUT2D eigenvalue weighted by Crippen LogP contribution is 2.24. The molecule has 2 aliphatic rings. The Kier molecular flexibility index (Phi) is 4.97. The van der Waals surface area contributed by atoms with E-state index in [4.69, 9.17) is 0 Å². The smallest absolute Gasteiger partial charge is 0.271 e. The van der Waals surface area contributed by atoms with Crippen molar-refractivity contribution in [3.05, 3.63) is 52.3 Å². The number of carbonyl (C=O) groups is 1. The number of amides is 1. The van der Waals surface area contributed by atoms with Crippen LogP contribution in [0.5, 0.6) is 0 Å². The van der Waals surface area contributed by atoms with Crippen LogP contribution in [0.15, 0.2) is 41.2 Å². The summed E-state index contributed by atoms with van der Waals surface area (Å²) < 4.78 is 1.46. The number of nitrogens with zero attached hydrogens (tertiary/aromatic N) is 3. The lowest BCUT2D eigenvalue weighted by Crippen LogP contribution is -2.42. The summed E-state index contributed by atoms with van der Waals surface area (Å²) in [7, 11) is 0. The van der Waals surface area contributed by atoms with Crippen LogP contribution in [0, 0.1) is 5.92 Å². The predicted molar refractivity (Wildman–Crippen MR) is 105 cm³/mol. The van der Waals surface area contributed by atoms with Crippen LogP contribution in [0.3, 0.4) is 0 Å². The fourth-order valence-corrected chi connectivity index (χ4v) is 3.55. The molecule has 1 saturated heterocycles. The van der Waals surface area contributed by atoms with Gasteiger partial charge in [0.15, 0.2) is 0 Å². The van der Waals surface area contributed by atoms with E-state index in [1.54, 1.807) is 12.1 Å². The molecule has 1 N–H and O–H groups in total. The highest BCUT2D eigenvalue weighted by molar-refractivity contribution is 5.79. The number of hydrogen-bond acceptors (Lipinski definition) is 4. The number of carbonyl (C=O) groups excluding carboxylic acids is 1. The van der Waals surface area contributed by atoms with Crippen molar-refractivity contribution < 1.29 is 4.79 Å². The highest BCUT2D eigenvalue weighted by Gasteiger charge is 2.30. The van der Waals surface area contributed by atoms with Crippen LogP contribution < -0.4 is 15.8 Å². The van der Waals surface area contributed by atoms with E-state index < -0.39 is 0 Å². The molecular weight excluding hydrogens is 340 g/mol. The minimum absolute atomic E-state index is 0.0920. The molecule has 0 bridgehead atoms. The Morgan fingerprint density at radius 2 is 1.78 bits per heavy atom. The van der Waals surface area contributed by atoms with Gasteiger partial charge in [-0.05, 0) is 55.9 Å². The molecule has 1 saturated carbocycles. The van der Waals surface area contributed by atoms with Gasteiger partial charge in [0.25, 0.3) is 5.56 Å². The standard InChI is InChI=1S/C21H26N4O2/c1-2-15-3-7-18(8-4-15)25-20(26)10-9-19(23-25)24-13-11-16(12-14-24)21(27)22-17-5-6-17/h3-4,7-10,16-17H,2,5-6,11-14H2,1H3,(H,22,27). The van der Waals surface area contributed by atoms with Crippen molar-refractivity contribution in [2.45, 2.75) is 45.1 Å². The first-order valence-electron chi connectivity index (χ1n) is 9.89. The first-order valence-corrected chi connectivity index (χ1v) is 9.89. The molecule has 0 atom stereocenters. The van der Waals surface area contributed by atoms with Crippen molar-refractivity contribution in [1.29, 1.82) is 0 Å². The average molecular weight is 366 g/mol. The Hall–Kier alpha value is -2.63. The van der Waals surface area contributed by atoms with Crippen LogP contribution in [0.2, 0.25) is 0 Å². The minimum atomic E-state index is -0.137. The van der Waals surface area contributed by atoms with Crippen molar-refractivity contribution in [2.75, 3.05) is 18.0 Å². The first kappa shape index (κ1) is 17.8. The topological polar surface area (TPSA) is 67.2 Å². The van der Waals surface area contributed by atoms with Crippen LogP contribution in [0.25, 0.3) is 5.69 Å². The van der Waals surface area contributed by atoms with Crippen LogP contribution >= 0.6 is 0 Å². The number of anilines is 1. The molecule has 0 spiro atoms. The average Bonchev–Trinajstić information content (AvgIpc) is 3.52. The molecule has 142 valence electrons. The van der Waals surface area contributed by atoms with Gasteiger partial charge in [-0.15, -0.1) is 5.10 Å². The van der Waals surface area contributed by atoms with E-state index in [0.29, 0.717) is 6.04 Å². The van der Waals surface area contributed by atoms with Gasteiger partial charge in [0.1, 0.15) is 5.82 Å². The third-order valence-corrected chi connectivity index (χ3v) is 5.49. The molecule has 6 heteroatoms. The quantitative estimate of drug-likeness (QED) is 0.882. The molecule has 1 amide bonds. The molecule has 6 nitrogen and oxygen atoms in total. The maximum atomic E-state index is 12.3. The first-order chi connectivity index (χ1) is 13.1. The summed E-state index contributed by atoms with van der Waals surface area (Å²) in [6.07, 6.45) is 4.85. The fraction of sp³-hybridized carbons (Fsp3) is 0.476. The van der Waals surface area contributed by atoms with Gasteiger partial charge >= 0.3 is 0 Å². The van der Waals surface area contributed by atoms with E-state index in [9.17, 15) is 9.59 Å². The second-order valence-corrected chi connectivity index (χ2v) is 7.51. The normalized spacial score (nSPS) is 17.7. The number of piperidine rings is 1. The maximum absolute atomic E-state index is 12.3. The summed E-state index contributed by atoms with van der Waals surface area (Å²) in [6, 6.07) is 11.7. The van der Waals surface area contributed by atoms with Crippen LogP contribution in [-0.4, -0.2) is 34.8 Å². The highest BCUT2D eigenvalue weighted by atomic mass is 16.2. The molecule has 27 heavy (non-hydrogen) atoms. The lowest BCUT2D eigenvalue weighted by molar-refractivity contribution is -0.125. The maximum Gasteiger partial charge on any atom is 0.271 e. The third kappa shape index (κ3) is 4.04. The van der Waals surface area contributed by atoms with Crippen molar-refractivity contribution in [2.24, 2.45) is 5.92 Å². The fourth-order valence-electron chi connectivity index (χ4n) is 3.55. The Balaban J connectivity index is 1.46. The van der Waals surface area contributed by atoms with Gasteiger partial charge in [-0.25, -0.2) is 0 Å². The summed E-state index contributed by atoms with van der Waals surface area (Å²) in [5, 5.41) is 7.69. The van der Waals surface area contributed by atoms with Crippen molar-refractivity contribution >= 4 is 11.7 Å². The molecule has 1 aromatic heterocycles. The van der Waals surface area contributed by atoms with Crippen LogP contribution in [0.4, 0.5) is 5.82 Å². The number of nitrogens with one attached hydrogen (secondary N) is 1. The van der Waals surface area contributed by atoms with Crippen LogP contribution in [-0.2, 0) is 11.2 Å². The van der Waals surface area contributed by atoms with Crippen molar-refractivity contribution in [1.82, 2.24) is 15.1 Å². The van der Waals surface area contributed by atoms with E-state index in [2.05, 4.69) is 22.2 Å². The summed E-state index contributed by atoms with van der Waals surface area (Å²) in [6.45, 7) is 3.67. The molecule has 2 aromatic rings. The lowest BCUT2D eigenvalue weighted by atomic mass is 9.96. The van der Waals surface area contributed by atoms with E-state index >= 15 is 0 Å². The summed E-state index contributed by atoms with van der Waals surface area (Å²) >= 11 is 0. The lowest BCUT2D eigenvalue weighted by Gasteiger charge is -2.32. The molecule has 1 aromatic carbocycles. The Morgan fingerprint density at radius 1 is 1.07 bits per heavy atom. The molecule has 0 unspecified atom stereocenters. The summed E-state index contributed by atoms with van der Waals surface area (Å²) in [4.78, 5) is 26.7. The monoisotopic (exact) mass is 366 g/mol. The zero-order valence-electron chi connectivity index (χ0n) is 15.7. The Labute approximate surface area is 159 Å². The molecule has 4 rings (SSSR count). The molecular formula is C21H26N4O2. The SMILES string of the molecule is CCc1ccc(-n2nc(N3CCC(C(=O)NC4CC4)CC3)ccc2=O)cc1. The summed E-state index contributed by atoms with van der Waals surface area (Å²) in [5.41, 5.74) is 1.87. The number of hydrogen-bond donors (Lipinski definition) is 1. The second-order valence-electron chi connectivity index (χ2n) is 7.51. The predicted octanol–water partition coefficient (Wildman–Crippen LogP) is 2.29. The number of aromatic nitrogens is 2. The van der Waals surface area contributed by atoms with Gasteiger partial charge in [-0.3, -0.25) is 9.59 Å². The molecule has 2 heterocycles. The number of rotatable bonds is 5. The van der Waals surface area contributed by atoms with Gasteiger partial charge < -0.3 is 10.2 Å². The number of benzene rings is 1. The second kappa shape index (κ2) is 7.55. The largest absolute Gasteiger partial charge is 0.355 e. The van der Waals surface area contributed by atoms with Gasteiger partial charge in [0.05, 0.1) is 5.69 Å². The van der Waals surface area contributed by atoms with E-state index in [1.165, 1.54) is 10.2 Å². The van der Waals surface area contributed by atoms with E-state index in [-0.39, 0.29) is 17.4 Å². The zero-order chi connectivity index (χ0) is 18.8. The minimum Gasteiger partial charge on any atom is -0.355 e. The van der Waals surface area contributed by atoms with Crippen LogP contribution in [0.1, 0.15) is 38.2 Å². The molecule has 0 radical (unpaired) electrons. The van der Waals surface area contributed by atoms with Gasteiger partial charge in [0, 0.05) is 31.1 Å². The third-order valence-electron chi connectivity index (χ3n) is 5.49. The van der Waals surface area contributed by atoms with Gasteiger partial charge in [0.2, 0.25) is 5.91 Å². The molecule has 2 fully saturated rings. The summed E-state index contributed by atoms with van der Waals surface area (Å²) in [5.74, 6) is 1.08. The van der Waals surface area contributed by atoms with Crippen molar-refractivity contribution in [3.63, 3.8) is 0 Å². The zero-order valence-corrected chi connectivity index (χ0v) is 15.7. The van der Waals surface area contributed by atoms with E-state index in [1.807, 2.05) is 24.3 Å². The van der Waals surface area contributed by atoms with Gasteiger partial charge in [-0.2, -0.15) is 4.68 Å². The Morgan fingerprint density at radius 3 is 2.41 bits per heavy atom.